The molecule has 91 heavy (non-hydrogen) atoms. The van der Waals surface area contributed by atoms with Gasteiger partial charge in [-0.3, -0.25) is 14.4 Å². The topological polar surface area (TPSA) is 290 Å². The molecule has 522 valence electrons. The molecule has 0 aromatic heterocycles. The monoisotopic (exact) mass is 1310 g/mol. The predicted molar refractivity (Wildman–Crippen MR) is 346 cm³/mol. The normalized spacial score (nSPS) is 33.0. The molecule has 0 spiro atoms. The SMILES string of the molecule is CCOCCOCCOCCOCCOCCOCCOCCNC(=S)OC1CC[C@@H](C[C@@H](N)[C@@H]2C[C@@H](OC)[C@H](C)/C=C(\C)C(O)[C@@H](O)C(=O)C(C)C[C@H](C)/C=C/C=C/C=C(\C)[C@@H](OC)C[C@@H]3CC[C@@H](C)[C@@](O)(O3)C(=O)C(=O)N3CCCC[C@H]3C(=O)O2)C[C@H]1OC. The Hall–Kier alpha value is -3.67. The molecule has 0 aromatic carbocycles. The minimum atomic E-state index is -2.46. The predicted octanol–water partition coefficient (Wildman–Crippen LogP) is 5.70. The third kappa shape index (κ3) is 27.9. The van der Waals surface area contributed by atoms with E-state index in [1.807, 2.05) is 58.1 Å². The van der Waals surface area contributed by atoms with E-state index in [1.165, 1.54) is 12.0 Å². The number of hydrogen-bond donors (Lipinski definition) is 5. The molecule has 24 heteroatoms. The number of methoxy groups -OCH3 is 3. The number of ether oxygens (including phenoxy) is 13. The van der Waals surface area contributed by atoms with Gasteiger partial charge in [0, 0.05) is 77.7 Å². The van der Waals surface area contributed by atoms with Gasteiger partial charge >= 0.3 is 5.97 Å². The Bertz CT molecular complexity index is 2260. The summed E-state index contributed by atoms with van der Waals surface area (Å²) in [6.07, 6.45) is 9.76. The lowest BCUT2D eigenvalue weighted by Crippen LogP contribution is -2.61. The van der Waals surface area contributed by atoms with Gasteiger partial charge in [0.15, 0.2) is 5.78 Å². The molecular formula is C67H113N3O20S. The minimum absolute atomic E-state index is 0.00566. The summed E-state index contributed by atoms with van der Waals surface area (Å²) in [5.74, 6) is -7.70. The second-order valence-electron chi connectivity index (χ2n) is 24.7. The molecule has 0 radical (unpaired) electrons. The maximum absolute atomic E-state index is 14.8. The standard InChI is InChI=1S/C67H113N3O20S/c1-11-81-27-28-83-31-32-85-35-36-87-38-37-86-34-33-84-30-29-82-26-24-69-66(91)89-55-23-21-51(42-59(55)80-10)41-53(68)58-44-57(79-9)47(4)40-49(6)61(72)62(73)60(71)48(5)39-45(2)17-13-12-14-18-46(3)56(78-8)43-52-22-20-50(7)67(77,90-52)63(74)64(75)70-25-16-15-19-54(70)65(76)88-58/h12-14,17-18,40,45,47-48,50-59,61-62,72-73,77H,11,15-16,19-39,41-44,68H2,1-10H3,(H,69,91)/b14-12+,17-13+,46-18+,49-40+/t45-,47-,48?,50-,51+,52+,53-,54+,55?,56+,57-,58+,59-,61?,62+,67-/m1/s1. The van der Waals surface area contributed by atoms with Gasteiger partial charge in [-0.1, -0.05) is 64.2 Å². The van der Waals surface area contributed by atoms with E-state index < -0.39 is 95.7 Å². The fourth-order valence-corrected chi connectivity index (χ4v) is 12.3. The van der Waals surface area contributed by atoms with Gasteiger partial charge in [-0.05, 0) is 120 Å². The second kappa shape index (κ2) is 44.1. The van der Waals surface area contributed by atoms with Crippen molar-refractivity contribution in [2.75, 3.05) is 127 Å². The van der Waals surface area contributed by atoms with Crippen molar-refractivity contribution in [2.45, 2.75) is 192 Å². The fraction of sp³-hybridized carbons (Fsp3) is 0.806. The summed E-state index contributed by atoms with van der Waals surface area (Å²) in [7, 11) is 4.70. The lowest BCUT2D eigenvalue weighted by Gasteiger charge is -2.43. The van der Waals surface area contributed by atoms with Gasteiger partial charge in [-0.25, -0.2) is 4.79 Å². The summed E-state index contributed by atoms with van der Waals surface area (Å²) >= 11 is 5.58. The van der Waals surface area contributed by atoms with Crippen LogP contribution in [0, 0.1) is 29.6 Å². The summed E-state index contributed by atoms with van der Waals surface area (Å²) < 4.78 is 75.3. The Morgan fingerprint density at radius 1 is 0.703 bits per heavy atom. The maximum atomic E-state index is 14.8. The molecular weight excluding hydrogens is 1200 g/mol. The molecule has 6 N–H and O–H groups in total. The lowest BCUT2D eigenvalue weighted by atomic mass is 9.80. The van der Waals surface area contributed by atoms with E-state index in [0.717, 1.165) is 5.57 Å². The average Bonchev–Trinajstić information content (AvgIpc) is 0.799. The molecule has 4 aliphatic rings. The number of aliphatic hydroxyl groups excluding tert-OH is 2. The van der Waals surface area contributed by atoms with Gasteiger partial charge in [0.05, 0.1) is 110 Å². The highest BCUT2D eigenvalue weighted by atomic mass is 32.1. The molecule has 1 amide bonds. The van der Waals surface area contributed by atoms with Gasteiger partial charge in [-0.2, -0.15) is 0 Å². The fourth-order valence-electron chi connectivity index (χ4n) is 12.1. The molecule has 4 rings (SSSR count). The van der Waals surface area contributed by atoms with E-state index in [0.29, 0.717) is 169 Å². The molecule has 2 bridgehead atoms. The van der Waals surface area contributed by atoms with E-state index in [4.69, 9.17) is 79.5 Å². The van der Waals surface area contributed by atoms with Crippen LogP contribution >= 0.6 is 12.2 Å². The van der Waals surface area contributed by atoms with Crippen molar-refractivity contribution in [3.05, 3.63) is 47.6 Å². The summed E-state index contributed by atoms with van der Waals surface area (Å²) in [6, 6.07) is -1.94. The Morgan fingerprint density at radius 3 is 1.90 bits per heavy atom. The largest absolute Gasteiger partial charge is 0.465 e. The first-order valence-corrected chi connectivity index (χ1v) is 33.5. The molecule has 3 fully saturated rings. The Morgan fingerprint density at radius 2 is 1.31 bits per heavy atom. The van der Waals surface area contributed by atoms with Crippen LogP contribution in [0.2, 0.25) is 0 Å². The Labute approximate surface area is 547 Å². The van der Waals surface area contributed by atoms with Crippen LogP contribution in [0.1, 0.15) is 126 Å². The number of nitrogens with two attached hydrogens (primary N) is 1. The maximum Gasteiger partial charge on any atom is 0.329 e. The first kappa shape index (κ1) is 79.8. The number of carbonyl (C=O) groups excluding carboxylic acids is 4. The van der Waals surface area contributed by atoms with Crippen molar-refractivity contribution in [3.8, 4) is 0 Å². The zero-order chi connectivity index (χ0) is 66.7. The van der Waals surface area contributed by atoms with Crippen molar-refractivity contribution < 1.29 is 96.1 Å². The number of ketones is 2. The molecule has 16 atom stereocenters. The number of thiocarbonyl (C=S) groups is 1. The zero-order valence-electron chi connectivity index (χ0n) is 56.1. The highest BCUT2D eigenvalue weighted by molar-refractivity contribution is 7.80. The number of hydrogen-bond acceptors (Lipinski definition) is 22. The van der Waals surface area contributed by atoms with E-state index >= 15 is 0 Å². The number of amides is 1. The van der Waals surface area contributed by atoms with Crippen molar-refractivity contribution in [1.82, 2.24) is 10.2 Å². The van der Waals surface area contributed by atoms with E-state index in [9.17, 15) is 34.5 Å². The second-order valence-corrected chi connectivity index (χ2v) is 25.0. The first-order valence-electron chi connectivity index (χ1n) is 33.1. The van der Waals surface area contributed by atoms with Crippen LogP contribution in [-0.2, 0) is 80.8 Å². The minimum Gasteiger partial charge on any atom is -0.465 e. The molecule has 3 heterocycles. The van der Waals surface area contributed by atoms with Gasteiger partial charge in [0.25, 0.3) is 16.9 Å². The number of allylic oxidation sites excluding steroid dienone is 5. The summed E-state index contributed by atoms with van der Waals surface area (Å²) in [5.41, 5.74) is 8.37. The number of nitrogens with one attached hydrogen (secondary N) is 1. The highest BCUT2D eigenvalue weighted by Crippen LogP contribution is 2.38. The van der Waals surface area contributed by atoms with Gasteiger partial charge < -0.3 is 92.8 Å². The third-order valence-corrected chi connectivity index (χ3v) is 17.9. The number of aliphatic hydroxyl groups is 3. The van der Waals surface area contributed by atoms with Crippen molar-refractivity contribution in [2.24, 2.45) is 35.3 Å². The Balaban J connectivity index is 1.38. The van der Waals surface area contributed by atoms with Crippen LogP contribution in [-0.4, -0.2) is 242 Å². The molecule has 1 saturated carbocycles. The number of Topliss-reactive ketones (excluding diaryl/α,β-unsaturated/α-hetero) is 2. The number of piperidine rings is 1. The number of cyclic esters (lactones) is 1. The molecule has 1 aliphatic carbocycles. The number of fused-ring (bicyclic) bond motifs is 3. The van der Waals surface area contributed by atoms with Crippen molar-refractivity contribution in [1.29, 1.82) is 0 Å². The molecule has 2 saturated heterocycles. The lowest BCUT2D eigenvalue weighted by molar-refractivity contribution is -0.265. The highest BCUT2D eigenvalue weighted by Gasteiger charge is 2.53. The number of rotatable bonds is 29. The quantitative estimate of drug-likeness (QED) is 0.0197. The van der Waals surface area contributed by atoms with E-state index in [-0.39, 0.29) is 48.6 Å². The summed E-state index contributed by atoms with van der Waals surface area (Å²) in [4.78, 5) is 58.5. The number of nitrogens with zero attached hydrogens (tertiary/aromatic N) is 1. The summed E-state index contributed by atoms with van der Waals surface area (Å²) in [6.45, 7) is 20.0. The molecule has 3 aliphatic heterocycles. The van der Waals surface area contributed by atoms with Crippen LogP contribution in [0.15, 0.2) is 47.6 Å². The number of esters is 1. The molecule has 0 aromatic rings. The molecule has 3 unspecified atom stereocenters. The van der Waals surface area contributed by atoms with Gasteiger partial charge in [-0.15, -0.1) is 0 Å². The van der Waals surface area contributed by atoms with Gasteiger partial charge in [0.2, 0.25) is 5.79 Å². The van der Waals surface area contributed by atoms with Crippen LogP contribution < -0.4 is 11.1 Å². The van der Waals surface area contributed by atoms with E-state index in [2.05, 4.69) is 5.32 Å². The van der Waals surface area contributed by atoms with E-state index in [1.54, 1.807) is 41.1 Å². The molecule has 23 nitrogen and oxygen atoms in total. The average molecular weight is 1310 g/mol. The summed E-state index contributed by atoms with van der Waals surface area (Å²) in [5, 5.41) is 38.1. The first-order chi connectivity index (χ1) is 43.7. The van der Waals surface area contributed by atoms with Gasteiger partial charge in [0.1, 0.15) is 30.5 Å². The van der Waals surface area contributed by atoms with Crippen LogP contribution in [0.5, 0.6) is 0 Å². The van der Waals surface area contributed by atoms with Crippen LogP contribution in [0.25, 0.3) is 0 Å². The number of carbonyl (C=O) groups is 4. The smallest absolute Gasteiger partial charge is 0.329 e. The van der Waals surface area contributed by atoms with Crippen LogP contribution in [0.3, 0.4) is 0 Å². The van der Waals surface area contributed by atoms with Crippen molar-refractivity contribution >= 4 is 40.8 Å². The zero-order valence-corrected chi connectivity index (χ0v) is 57.0. The Kier molecular flexibility index (Phi) is 38.7. The third-order valence-electron chi connectivity index (χ3n) is 17.6. The van der Waals surface area contributed by atoms with Crippen LogP contribution in [0.4, 0.5) is 0 Å². The van der Waals surface area contributed by atoms with Crippen molar-refractivity contribution in [3.63, 3.8) is 0 Å².